The minimum atomic E-state index is -1.88. The Bertz CT molecular complexity index is 1280. The summed E-state index contributed by atoms with van der Waals surface area (Å²) >= 11 is -1.88. The van der Waals surface area contributed by atoms with Gasteiger partial charge in [0.1, 0.15) is 0 Å². The van der Waals surface area contributed by atoms with E-state index in [0.717, 1.165) is 10.5 Å². The molecule has 3 heteroatoms. The van der Waals surface area contributed by atoms with E-state index >= 15 is 0 Å². The van der Waals surface area contributed by atoms with Crippen LogP contribution >= 0.6 is 17.0 Å². The van der Waals surface area contributed by atoms with E-state index in [1.165, 1.54) is 88.6 Å². The predicted octanol–water partition coefficient (Wildman–Crippen LogP) is 11.6. The Kier molecular flexibility index (Phi) is 12.4. The molecule has 0 heterocycles. The number of rotatable bonds is 8. The van der Waals surface area contributed by atoms with Crippen LogP contribution in [0.15, 0.2) is 91.0 Å². The summed E-state index contributed by atoms with van der Waals surface area (Å²) in [5.41, 5.74) is 12.4. The molecule has 4 aromatic carbocycles. The van der Waals surface area contributed by atoms with Gasteiger partial charge < -0.3 is 0 Å². The molecular formula is C36H38Cl2Zr. The molecule has 0 bridgehead atoms. The number of aryl methyl sites for hydroxylation is 1. The van der Waals surface area contributed by atoms with Gasteiger partial charge in [-0.3, -0.25) is 0 Å². The van der Waals surface area contributed by atoms with Crippen LogP contribution in [0.2, 0.25) is 4.13 Å². The van der Waals surface area contributed by atoms with Crippen LogP contribution in [-0.4, -0.2) is 0 Å². The quantitative estimate of drug-likeness (QED) is 0.146. The van der Waals surface area contributed by atoms with Gasteiger partial charge in [-0.05, 0) is 22.3 Å². The molecule has 2 aliphatic carbocycles. The first-order chi connectivity index (χ1) is 19.1. The van der Waals surface area contributed by atoms with Crippen LogP contribution in [0.5, 0.6) is 0 Å². The molecule has 2 aliphatic rings. The van der Waals surface area contributed by atoms with Gasteiger partial charge >= 0.3 is 149 Å². The van der Waals surface area contributed by atoms with Crippen molar-refractivity contribution in [1.82, 2.24) is 0 Å². The van der Waals surface area contributed by atoms with E-state index in [0.29, 0.717) is 0 Å². The summed E-state index contributed by atoms with van der Waals surface area (Å²) in [6.07, 6.45) is 13.0. The first kappa shape index (κ1) is 30.3. The summed E-state index contributed by atoms with van der Waals surface area (Å²) in [6, 6.07) is 32.4. The number of hydrogen-bond donors (Lipinski definition) is 0. The fourth-order valence-corrected chi connectivity index (χ4v) is 7.94. The molecule has 4 aromatic rings. The standard InChI is InChI=1S/C19H20.C13H9.C4H9.2ClH.Zr/c1-2-3-4-5-9-15-11-8-13-18-17-12-7-6-10-16(17)14-19(15)18;1-3-7-12-10(5-1)9-11-6-2-4-8-13(11)12;1-3-4-2;;;/h6-8,10-14H,1-5,9H2;1-9H;1,3-4H2,2H3;2*1H;/q;;;;;+2/p-2. The average Bonchev–Trinajstić information content (AvgIpc) is 3.54. The molecule has 6 rings (SSSR count). The number of hydrogen-bond acceptors (Lipinski definition) is 0. The van der Waals surface area contributed by atoms with Crippen molar-refractivity contribution >= 4 is 17.0 Å². The van der Waals surface area contributed by atoms with Crippen LogP contribution in [0.3, 0.4) is 0 Å². The normalized spacial score (nSPS) is 11.7. The minimum absolute atomic E-state index is 1.07. The second-order valence-electron chi connectivity index (χ2n) is 10.0. The number of fused-ring (bicyclic) bond motifs is 6. The van der Waals surface area contributed by atoms with Crippen LogP contribution in [0.1, 0.15) is 73.3 Å². The van der Waals surface area contributed by atoms with Crippen molar-refractivity contribution in [3.8, 4) is 22.3 Å². The number of unbranched alkanes of at least 4 members (excludes halogenated alkanes) is 4. The molecule has 0 saturated carbocycles. The van der Waals surface area contributed by atoms with E-state index in [-0.39, 0.29) is 0 Å². The summed E-state index contributed by atoms with van der Waals surface area (Å²) < 4.78 is 1.11. The van der Waals surface area contributed by atoms with Gasteiger partial charge in [0.25, 0.3) is 0 Å². The van der Waals surface area contributed by atoms with Gasteiger partial charge in [-0.25, -0.2) is 0 Å². The van der Waals surface area contributed by atoms with Gasteiger partial charge in [-0.15, -0.1) is 0 Å². The molecular weight excluding hydrogens is 595 g/mol. The van der Waals surface area contributed by atoms with E-state index in [1.54, 1.807) is 0 Å². The second kappa shape index (κ2) is 16.0. The van der Waals surface area contributed by atoms with Crippen molar-refractivity contribution in [2.24, 2.45) is 0 Å². The van der Waals surface area contributed by atoms with Crippen molar-refractivity contribution in [2.45, 2.75) is 56.0 Å². The zero-order valence-electron chi connectivity index (χ0n) is 22.9. The van der Waals surface area contributed by atoms with Crippen LogP contribution < -0.4 is 0 Å². The van der Waals surface area contributed by atoms with Crippen molar-refractivity contribution in [2.75, 3.05) is 0 Å². The van der Waals surface area contributed by atoms with Gasteiger partial charge in [0, 0.05) is 6.42 Å². The molecule has 0 unspecified atom stereocenters. The molecule has 0 spiro atoms. The van der Waals surface area contributed by atoms with Gasteiger partial charge in [-0.1, -0.05) is 75.2 Å². The molecule has 0 aliphatic heterocycles. The van der Waals surface area contributed by atoms with Gasteiger partial charge in [-0.2, -0.15) is 0 Å². The maximum atomic E-state index is 5.95. The van der Waals surface area contributed by atoms with Crippen LogP contribution in [0, 0.1) is 19.8 Å². The summed E-state index contributed by atoms with van der Waals surface area (Å²) in [6.45, 7) is 5.72. The Balaban J connectivity index is 0.000000174. The van der Waals surface area contributed by atoms with E-state index in [2.05, 4.69) is 118 Å². The van der Waals surface area contributed by atoms with E-state index in [4.69, 9.17) is 17.0 Å². The predicted molar refractivity (Wildman–Crippen MR) is 168 cm³/mol. The molecule has 0 N–H and O–H groups in total. The summed E-state index contributed by atoms with van der Waals surface area (Å²) in [4.78, 5) is 0. The molecule has 0 saturated heterocycles. The summed E-state index contributed by atoms with van der Waals surface area (Å²) in [7, 11) is 11.9. The Hall–Kier alpha value is -1.66. The molecule has 0 atom stereocenters. The number of benzene rings is 4. The number of halogens is 2. The maximum absolute atomic E-state index is 5.95. The van der Waals surface area contributed by atoms with Gasteiger partial charge in [0.05, 0.1) is 0 Å². The Morgan fingerprint density at radius 3 is 1.64 bits per heavy atom. The van der Waals surface area contributed by atoms with E-state index in [9.17, 15) is 0 Å². The van der Waals surface area contributed by atoms with Gasteiger partial charge in [0.15, 0.2) is 0 Å². The van der Waals surface area contributed by atoms with Gasteiger partial charge in [0.2, 0.25) is 0 Å². The van der Waals surface area contributed by atoms with E-state index < -0.39 is 19.4 Å². The Labute approximate surface area is 251 Å². The van der Waals surface area contributed by atoms with Crippen LogP contribution in [0.25, 0.3) is 22.3 Å². The SMILES string of the molecule is [CH2]CCC.[CH]1c2ccccc2-c2ccccc21.[Cl][Zr]([Cl])[CH2]CCCCCc1cccc2c1[CH]c1ccccc1-2. The second-order valence-corrected chi connectivity index (χ2v) is 19.5. The zero-order chi connectivity index (χ0) is 27.5. The molecule has 200 valence electrons. The summed E-state index contributed by atoms with van der Waals surface area (Å²) in [5, 5.41) is 0. The van der Waals surface area contributed by atoms with E-state index in [1.807, 2.05) is 0 Å². The first-order valence-electron chi connectivity index (χ1n) is 14.2. The third kappa shape index (κ3) is 8.42. The van der Waals surface area contributed by atoms with Crippen molar-refractivity contribution in [3.05, 3.63) is 139 Å². The summed E-state index contributed by atoms with van der Waals surface area (Å²) in [5.74, 6) is 0. The fraction of sp³-hybridized carbons (Fsp3) is 0.250. The Morgan fingerprint density at radius 1 is 0.590 bits per heavy atom. The van der Waals surface area contributed by atoms with Crippen molar-refractivity contribution < 1.29 is 19.4 Å². The Morgan fingerprint density at radius 2 is 1.08 bits per heavy atom. The monoisotopic (exact) mass is 630 g/mol. The fourth-order valence-electron chi connectivity index (χ4n) is 5.09. The first-order valence-corrected chi connectivity index (χ1v) is 22.2. The molecule has 39 heavy (non-hydrogen) atoms. The van der Waals surface area contributed by atoms with Crippen molar-refractivity contribution in [3.63, 3.8) is 0 Å². The molecule has 0 aromatic heterocycles. The zero-order valence-corrected chi connectivity index (χ0v) is 26.9. The van der Waals surface area contributed by atoms with Crippen LogP contribution in [0.4, 0.5) is 0 Å². The average molecular weight is 633 g/mol. The van der Waals surface area contributed by atoms with Crippen molar-refractivity contribution in [1.29, 1.82) is 0 Å². The molecule has 0 amide bonds. The topological polar surface area (TPSA) is 0 Å². The molecule has 0 nitrogen and oxygen atoms in total. The van der Waals surface area contributed by atoms with Crippen LogP contribution in [-0.2, 0) is 25.8 Å². The third-order valence-corrected chi connectivity index (χ3v) is 11.2. The third-order valence-electron chi connectivity index (χ3n) is 7.19. The molecule has 0 fully saturated rings. The molecule has 3 radical (unpaired) electrons.